The number of nitrogens with one attached hydrogen (secondary N) is 2. The van der Waals surface area contributed by atoms with Gasteiger partial charge in [0, 0.05) is 19.9 Å². The van der Waals surface area contributed by atoms with Crippen LogP contribution in [0, 0.1) is 0 Å². The normalized spacial score (nSPS) is 11.0. The van der Waals surface area contributed by atoms with Crippen LogP contribution in [0.25, 0.3) is 0 Å². The van der Waals surface area contributed by atoms with Crippen LogP contribution < -0.4 is 10.6 Å². The number of halogens is 3. The third-order valence-electron chi connectivity index (χ3n) is 2.09. The van der Waals surface area contributed by atoms with E-state index in [1.807, 2.05) is 0 Å². The number of amides is 2. The van der Waals surface area contributed by atoms with Gasteiger partial charge in [-0.2, -0.15) is 13.2 Å². The van der Waals surface area contributed by atoms with Crippen molar-refractivity contribution in [1.29, 1.82) is 0 Å². The van der Waals surface area contributed by atoms with Crippen LogP contribution in [0.15, 0.2) is 18.3 Å². The predicted molar refractivity (Wildman–Crippen MR) is 62.6 cm³/mol. The molecule has 0 atom stereocenters. The molecule has 0 aliphatic carbocycles. The van der Waals surface area contributed by atoms with Gasteiger partial charge in [-0.3, -0.25) is 9.59 Å². The topological polar surface area (TPSA) is 80.3 Å². The van der Waals surface area contributed by atoms with Gasteiger partial charge >= 0.3 is 12.1 Å². The predicted octanol–water partition coefficient (Wildman–Crippen LogP) is 0.845. The first-order chi connectivity index (χ1) is 9.32. The molecule has 20 heavy (non-hydrogen) atoms. The summed E-state index contributed by atoms with van der Waals surface area (Å²) in [6.45, 7) is 0.0653. The molecule has 1 heterocycles. The molecule has 2 amide bonds. The lowest BCUT2D eigenvalue weighted by molar-refractivity contribution is -0.167. The minimum Gasteiger partial charge on any atom is -0.375 e. The SMILES string of the molecule is COCC(=O)NCc1ccc(NC(=O)C(F)(F)F)nc1. The number of ether oxygens (including phenoxy) is 1. The van der Waals surface area contributed by atoms with Gasteiger partial charge in [-0.05, 0) is 11.6 Å². The number of rotatable bonds is 5. The standard InChI is InChI=1S/C11H12F3N3O3/c1-20-6-9(18)16-5-7-2-3-8(15-4-7)17-10(19)11(12,13)14/h2-4H,5-6H2,1H3,(H,16,18)(H,15,17,19). The van der Waals surface area contributed by atoms with Crippen LogP contribution in [0.2, 0.25) is 0 Å². The molecule has 6 nitrogen and oxygen atoms in total. The van der Waals surface area contributed by atoms with Crippen molar-refractivity contribution < 1.29 is 27.5 Å². The fourth-order valence-electron chi connectivity index (χ4n) is 1.17. The molecule has 1 rings (SSSR count). The summed E-state index contributed by atoms with van der Waals surface area (Å²) >= 11 is 0. The van der Waals surface area contributed by atoms with Gasteiger partial charge in [0.05, 0.1) is 0 Å². The Morgan fingerprint density at radius 2 is 2.05 bits per heavy atom. The fraction of sp³-hybridized carbons (Fsp3) is 0.364. The number of hydrogen-bond acceptors (Lipinski definition) is 4. The first kappa shape index (κ1) is 15.9. The Morgan fingerprint density at radius 3 is 2.55 bits per heavy atom. The van der Waals surface area contributed by atoms with Crippen LogP contribution in [0.1, 0.15) is 5.56 Å². The first-order valence-corrected chi connectivity index (χ1v) is 5.41. The molecule has 0 aromatic carbocycles. The van der Waals surface area contributed by atoms with Gasteiger partial charge in [-0.1, -0.05) is 6.07 Å². The molecule has 0 aliphatic rings. The fourth-order valence-corrected chi connectivity index (χ4v) is 1.17. The number of alkyl halides is 3. The smallest absolute Gasteiger partial charge is 0.375 e. The van der Waals surface area contributed by atoms with Crippen molar-refractivity contribution in [3.8, 4) is 0 Å². The van der Waals surface area contributed by atoms with E-state index in [0.29, 0.717) is 5.56 Å². The molecule has 110 valence electrons. The zero-order valence-corrected chi connectivity index (χ0v) is 10.5. The minimum absolute atomic E-state index is 0.0901. The van der Waals surface area contributed by atoms with E-state index < -0.39 is 12.1 Å². The molecule has 0 radical (unpaired) electrons. The number of carbonyl (C=O) groups is 2. The number of pyridine rings is 1. The Hall–Kier alpha value is -2.16. The van der Waals surface area contributed by atoms with Crippen LogP contribution in [0.4, 0.5) is 19.0 Å². The summed E-state index contributed by atoms with van der Waals surface area (Å²) in [6, 6.07) is 2.65. The summed E-state index contributed by atoms with van der Waals surface area (Å²) < 4.78 is 40.6. The molecule has 0 bridgehead atoms. The van der Waals surface area contributed by atoms with Gasteiger partial charge < -0.3 is 15.4 Å². The minimum atomic E-state index is -4.96. The van der Waals surface area contributed by atoms with Crippen molar-refractivity contribution in [2.45, 2.75) is 12.7 Å². The third kappa shape index (κ3) is 5.22. The van der Waals surface area contributed by atoms with E-state index in [1.165, 1.54) is 25.4 Å². The molecule has 0 saturated heterocycles. The van der Waals surface area contributed by atoms with Gasteiger partial charge in [0.2, 0.25) is 5.91 Å². The maximum absolute atomic E-state index is 12.0. The molecular formula is C11H12F3N3O3. The van der Waals surface area contributed by atoms with Gasteiger partial charge in [-0.15, -0.1) is 0 Å². The van der Waals surface area contributed by atoms with E-state index in [4.69, 9.17) is 0 Å². The highest BCUT2D eigenvalue weighted by Gasteiger charge is 2.38. The molecule has 0 spiro atoms. The van der Waals surface area contributed by atoms with Crippen molar-refractivity contribution in [1.82, 2.24) is 10.3 Å². The summed E-state index contributed by atoms with van der Waals surface area (Å²) in [5.74, 6) is -2.65. The van der Waals surface area contributed by atoms with Crippen LogP contribution >= 0.6 is 0 Å². The number of methoxy groups -OCH3 is 1. The Labute approximate surface area is 112 Å². The average Bonchev–Trinajstić information content (AvgIpc) is 2.37. The third-order valence-corrected chi connectivity index (χ3v) is 2.09. The Bertz CT molecular complexity index is 474. The molecular weight excluding hydrogens is 279 g/mol. The zero-order chi connectivity index (χ0) is 15.2. The second-order valence-corrected chi connectivity index (χ2v) is 3.71. The highest BCUT2D eigenvalue weighted by atomic mass is 19.4. The number of nitrogens with zero attached hydrogens (tertiary/aromatic N) is 1. The van der Waals surface area contributed by atoms with Gasteiger partial charge in [0.15, 0.2) is 0 Å². The van der Waals surface area contributed by atoms with Gasteiger partial charge in [0.1, 0.15) is 12.4 Å². The highest BCUT2D eigenvalue weighted by molar-refractivity contribution is 5.94. The molecule has 0 aliphatic heterocycles. The second kappa shape index (κ2) is 6.85. The summed E-state index contributed by atoms with van der Waals surface area (Å²) in [7, 11) is 1.37. The Morgan fingerprint density at radius 1 is 1.35 bits per heavy atom. The van der Waals surface area contributed by atoms with Crippen LogP contribution in [-0.2, 0) is 20.9 Å². The summed E-state index contributed by atoms with van der Waals surface area (Å²) in [5, 5.41) is 4.12. The van der Waals surface area contributed by atoms with Crippen LogP contribution in [0.5, 0.6) is 0 Å². The van der Waals surface area contributed by atoms with E-state index in [2.05, 4.69) is 15.0 Å². The van der Waals surface area contributed by atoms with Crippen molar-refractivity contribution in [2.75, 3.05) is 19.0 Å². The van der Waals surface area contributed by atoms with Crippen LogP contribution in [-0.4, -0.2) is 36.7 Å². The molecule has 9 heteroatoms. The highest BCUT2D eigenvalue weighted by Crippen LogP contribution is 2.17. The van der Waals surface area contributed by atoms with E-state index >= 15 is 0 Å². The van der Waals surface area contributed by atoms with E-state index in [0.717, 1.165) is 0 Å². The number of aromatic nitrogens is 1. The number of hydrogen-bond donors (Lipinski definition) is 2. The largest absolute Gasteiger partial charge is 0.471 e. The van der Waals surface area contributed by atoms with E-state index in [-0.39, 0.29) is 24.9 Å². The Kier molecular flexibility index (Phi) is 5.44. The zero-order valence-electron chi connectivity index (χ0n) is 10.5. The quantitative estimate of drug-likeness (QED) is 0.842. The first-order valence-electron chi connectivity index (χ1n) is 5.41. The summed E-state index contributed by atoms with van der Waals surface area (Å²) in [5.41, 5.74) is 0.569. The molecule has 0 saturated carbocycles. The van der Waals surface area contributed by atoms with Crippen LogP contribution in [0.3, 0.4) is 0 Å². The number of carbonyl (C=O) groups excluding carboxylic acids is 2. The van der Waals surface area contributed by atoms with Crippen molar-refractivity contribution in [2.24, 2.45) is 0 Å². The summed E-state index contributed by atoms with van der Waals surface area (Å²) in [4.78, 5) is 25.4. The summed E-state index contributed by atoms with van der Waals surface area (Å²) in [6.07, 6.45) is -3.71. The maximum atomic E-state index is 12.0. The van der Waals surface area contributed by atoms with E-state index in [9.17, 15) is 22.8 Å². The van der Waals surface area contributed by atoms with Crippen molar-refractivity contribution in [3.63, 3.8) is 0 Å². The second-order valence-electron chi connectivity index (χ2n) is 3.71. The van der Waals surface area contributed by atoms with Crippen molar-refractivity contribution >= 4 is 17.6 Å². The van der Waals surface area contributed by atoms with Gasteiger partial charge in [-0.25, -0.2) is 4.98 Å². The lowest BCUT2D eigenvalue weighted by atomic mass is 10.3. The molecule has 1 aromatic rings. The lowest BCUT2D eigenvalue weighted by Crippen LogP contribution is -2.30. The maximum Gasteiger partial charge on any atom is 0.471 e. The molecule has 0 fully saturated rings. The Balaban J connectivity index is 2.52. The number of anilines is 1. The van der Waals surface area contributed by atoms with Gasteiger partial charge in [0.25, 0.3) is 0 Å². The van der Waals surface area contributed by atoms with E-state index in [1.54, 1.807) is 5.32 Å². The average molecular weight is 291 g/mol. The molecule has 1 aromatic heterocycles. The molecule has 2 N–H and O–H groups in total. The monoisotopic (exact) mass is 291 g/mol. The lowest BCUT2D eigenvalue weighted by Gasteiger charge is -2.08. The van der Waals surface area contributed by atoms with Crippen molar-refractivity contribution in [3.05, 3.63) is 23.9 Å². The molecule has 0 unspecified atom stereocenters.